The molecule has 0 unspecified atom stereocenters. The number of benzene rings is 2. The molecular formula is C20H17F3N2O4. The molecule has 0 aliphatic carbocycles. The van der Waals surface area contributed by atoms with Crippen molar-refractivity contribution in [3.05, 3.63) is 59.2 Å². The van der Waals surface area contributed by atoms with Crippen LogP contribution in [0.3, 0.4) is 0 Å². The van der Waals surface area contributed by atoms with Crippen molar-refractivity contribution in [1.82, 2.24) is 10.2 Å². The molecule has 2 aromatic rings. The van der Waals surface area contributed by atoms with Gasteiger partial charge >= 0.3 is 12.2 Å². The van der Waals surface area contributed by atoms with E-state index >= 15 is 0 Å². The van der Waals surface area contributed by atoms with Gasteiger partial charge in [-0.25, -0.2) is 4.79 Å². The SMILES string of the molecule is C[C@@]1(Cc2ccc3c(c2)OCO3)NC(=O)N(Cc2ccc(C(F)(F)F)cc2)C1=O. The Balaban J connectivity index is 1.49. The first-order valence-corrected chi connectivity index (χ1v) is 8.84. The minimum absolute atomic E-state index is 0.112. The lowest BCUT2D eigenvalue weighted by Gasteiger charge is -2.22. The van der Waals surface area contributed by atoms with Gasteiger partial charge in [0, 0.05) is 6.42 Å². The molecule has 0 radical (unpaired) electrons. The zero-order chi connectivity index (χ0) is 20.8. The minimum Gasteiger partial charge on any atom is -0.454 e. The number of rotatable bonds is 4. The third-order valence-corrected chi connectivity index (χ3v) is 4.96. The maximum absolute atomic E-state index is 12.9. The Hall–Kier alpha value is -3.23. The van der Waals surface area contributed by atoms with Crippen molar-refractivity contribution in [3.63, 3.8) is 0 Å². The summed E-state index contributed by atoms with van der Waals surface area (Å²) in [7, 11) is 0. The van der Waals surface area contributed by atoms with Crippen molar-refractivity contribution in [2.24, 2.45) is 0 Å². The standard InChI is InChI=1S/C20H17F3N2O4/c1-19(9-13-4-7-15-16(8-13)29-11-28-15)17(26)25(18(27)24-19)10-12-2-5-14(6-3-12)20(21,22)23/h2-8H,9-11H2,1H3,(H,24,27)/t19-/m0/s1. The molecule has 2 aromatic carbocycles. The van der Waals surface area contributed by atoms with Gasteiger partial charge in [0.15, 0.2) is 11.5 Å². The molecular weight excluding hydrogens is 389 g/mol. The number of nitrogens with zero attached hydrogens (tertiary/aromatic N) is 1. The number of ether oxygens (including phenoxy) is 2. The van der Waals surface area contributed by atoms with Crippen LogP contribution in [0.15, 0.2) is 42.5 Å². The lowest BCUT2D eigenvalue weighted by Crippen LogP contribution is -2.45. The second-order valence-corrected chi connectivity index (χ2v) is 7.21. The van der Waals surface area contributed by atoms with Gasteiger partial charge in [0.05, 0.1) is 12.1 Å². The van der Waals surface area contributed by atoms with Gasteiger partial charge in [-0.15, -0.1) is 0 Å². The van der Waals surface area contributed by atoms with Gasteiger partial charge in [-0.3, -0.25) is 9.69 Å². The third-order valence-electron chi connectivity index (χ3n) is 4.96. The lowest BCUT2D eigenvalue weighted by molar-refractivity contribution is -0.137. The van der Waals surface area contributed by atoms with E-state index in [0.717, 1.165) is 22.6 Å². The number of hydrogen-bond donors (Lipinski definition) is 1. The van der Waals surface area contributed by atoms with Crippen LogP contribution < -0.4 is 14.8 Å². The number of hydrogen-bond acceptors (Lipinski definition) is 4. The average molecular weight is 406 g/mol. The summed E-state index contributed by atoms with van der Waals surface area (Å²) in [5.41, 5.74) is -0.752. The van der Waals surface area contributed by atoms with Gasteiger partial charge in [0.25, 0.3) is 5.91 Å². The van der Waals surface area contributed by atoms with E-state index in [0.29, 0.717) is 17.1 Å². The topological polar surface area (TPSA) is 67.9 Å². The van der Waals surface area contributed by atoms with Crippen LogP contribution in [0.4, 0.5) is 18.0 Å². The van der Waals surface area contributed by atoms with Crippen molar-refractivity contribution >= 4 is 11.9 Å². The molecule has 1 atom stereocenters. The molecule has 4 rings (SSSR count). The molecule has 0 aromatic heterocycles. The number of carbonyl (C=O) groups excluding carboxylic acids is 2. The smallest absolute Gasteiger partial charge is 0.416 e. The zero-order valence-corrected chi connectivity index (χ0v) is 15.4. The molecule has 1 fully saturated rings. The first-order chi connectivity index (χ1) is 13.7. The molecule has 6 nitrogen and oxygen atoms in total. The van der Waals surface area contributed by atoms with E-state index in [1.165, 1.54) is 12.1 Å². The Morgan fingerprint density at radius 1 is 1.03 bits per heavy atom. The third kappa shape index (κ3) is 3.59. The quantitative estimate of drug-likeness (QED) is 0.790. The van der Waals surface area contributed by atoms with Crippen LogP contribution in [0, 0.1) is 0 Å². The zero-order valence-electron chi connectivity index (χ0n) is 15.4. The Kier molecular flexibility index (Phi) is 4.40. The Labute approximate surface area is 164 Å². The maximum Gasteiger partial charge on any atom is 0.416 e. The molecule has 0 spiro atoms. The highest BCUT2D eigenvalue weighted by Crippen LogP contribution is 2.34. The lowest BCUT2D eigenvalue weighted by atomic mass is 9.92. The molecule has 0 bridgehead atoms. The van der Waals surface area contributed by atoms with Crippen LogP contribution in [0.2, 0.25) is 0 Å². The van der Waals surface area contributed by atoms with Crippen LogP contribution in [0.5, 0.6) is 11.5 Å². The second kappa shape index (κ2) is 6.68. The Bertz CT molecular complexity index is 975. The Morgan fingerprint density at radius 3 is 2.38 bits per heavy atom. The number of nitrogens with one attached hydrogen (secondary N) is 1. The minimum atomic E-state index is -4.44. The van der Waals surface area contributed by atoms with Gasteiger partial charge in [-0.05, 0) is 42.3 Å². The fourth-order valence-corrected chi connectivity index (χ4v) is 3.45. The number of imide groups is 1. The van der Waals surface area contributed by atoms with Crippen LogP contribution in [-0.4, -0.2) is 29.2 Å². The number of fused-ring (bicyclic) bond motifs is 1. The van der Waals surface area contributed by atoms with Crippen molar-refractivity contribution in [2.45, 2.75) is 31.6 Å². The predicted octanol–water partition coefficient (Wildman–Crippen LogP) is 3.49. The van der Waals surface area contributed by atoms with Crippen LogP contribution >= 0.6 is 0 Å². The summed E-state index contributed by atoms with van der Waals surface area (Å²) < 4.78 is 48.7. The Morgan fingerprint density at radius 2 is 1.69 bits per heavy atom. The van der Waals surface area contributed by atoms with E-state index in [-0.39, 0.29) is 19.8 Å². The van der Waals surface area contributed by atoms with Crippen LogP contribution in [0.25, 0.3) is 0 Å². The maximum atomic E-state index is 12.9. The molecule has 2 heterocycles. The van der Waals surface area contributed by atoms with E-state index in [9.17, 15) is 22.8 Å². The van der Waals surface area contributed by atoms with Crippen molar-refractivity contribution in [1.29, 1.82) is 0 Å². The van der Waals surface area contributed by atoms with Gasteiger partial charge < -0.3 is 14.8 Å². The summed E-state index contributed by atoms with van der Waals surface area (Å²) in [6, 6.07) is 9.08. The highest BCUT2D eigenvalue weighted by molar-refractivity contribution is 6.06. The monoisotopic (exact) mass is 406 g/mol. The molecule has 152 valence electrons. The number of alkyl halides is 3. The number of amides is 3. The van der Waals surface area contributed by atoms with Crippen LogP contribution in [0.1, 0.15) is 23.6 Å². The molecule has 2 aliphatic heterocycles. The normalized spacial score (nSPS) is 20.9. The number of carbonyl (C=O) groups is 2. The van der Waals surface area contributed by atoms with E-state index in [1.807, 2.05) is 0 Å². The van der Waals surface area contributed by atoms with Crippen molar-refractivity contribution in [2.75, 3.05) is 6.79 Å². The highest BCUT2D eigenvalue weighted by atomic mass is 19.4. The van der Waals surface area contributed by atoms with E-state index in [1.54, 1.807) is 25.1 Å². The molecule has 2 aliphatic rings. The largest absolute Gasteiger partial charge is 0.454 e. The first kappa shape index (κ1) is 19.1. The summed E-state index contributed by atoms with van der Waals surface area (Å²) in [6.45, 7) is 1.64. The average Bonchev–Trinajstić information content (AvgIpc) is 3.19. The van der Waals surface area contributed by atoms with E-state index in [2.05, 4.69) is 5.32 Å². The number of urea groups is 1. The summed E-state index contributed by atoms with van der Waals surface area (Å²) in [4.78, 5) is 26.3. The van der Waals surface area contributed by atoms with Crippen molar-refractivity contribution in [3.8, 4) is 11.5 Å². The number of halogens is 3. The second-order valence-electron chi connectivity index (χ2n) is 7.21. The fourth-order valence-electron chi connectivity index (χ4n) is 3.45. The summed E-state index contributed by atoms with van der Waals surface area (Å²) in [6.07, 6.45) is -4.21. The van der Waals surface area contributed by atoms with Crippen molar-refractivity contribution < 1.29 is 32.2 Å². The molecule has 1 saturated heterocycles. The molecule has 0 saturated carbocycles. The van der Waals surface area contributed by atoms with Crippen LogP contribution in [-0.2, 0) is 23.9 Å². The highest BCUT2D eigenvalue weighted by Gasteiger charge is 2.47. The summed E-state index contributed by atoms with van der Waals surface area (Å²) in [5.74, 6) is 0.745. The fraction of sp³-hybridized carbons (Fsp3) is 0.300. The molecule has 9 heteroatoms. The predicted molar refractivity (Wildman–Crippen MR) is 95.2 cm³/mol. The summed E-state index contributed by atoms with van der Waals surface area (Å²) in [5, 5.41) is 2.69. The van der Waals surface area contributed by atoms with Gasteiger partial charge in [0.2, 0.25) is 6.79 Å². The van der Waals surface area contributed by atoms with E-state index in [4.69, 9.17) is 9.47 Å². The van der Waals surface area contributed by atoms with Gasteiger partial charge in [-0.2, -0.15) is 13.2 Å². The first-order valence-electron chi connectivity index (χ1n) is 8.84. The molecule has 29 heavy (non-hydrogen) atoms. The molecule has 1 N–H and O–H groups in total. The van der Waals surface area contributed by atoms with Gasteiger partial charge in [0.1, 0.15) is 5.54 Å². The molecule has 3 amide bonds. The van der Waals surface area contributed by atoms with Gasteiger partial charge in [-0.1, -0.05) is 18.2 Å². The van der Waals surface area contributed by atoms with E-state index < -0.39 is 29.2 Å². The summed E-state index contributed by atoms with van der Waals surface area (Å²) >= 11 is 0.